The summed E-state index contributed by atoms with van der Waals surface area (Å²) in [5.41, 5.74) is 2.45. The van der Waals surface area contributed by atoms with Gasteiger partial charge in [-0.3, -0.25) is 19.0 Å². The molecule has 0 saturated carbocycles. The highest BCUT2D eigenvalue weighted by Gasteiger charge is 2.24. The molecule has 1 aliphatic heterocycles. The van der Waals surface area contributed by atoms with Crippen molar-refractivity contribution < 1.29 is 23.8 Å². The van der Waals surface area contributed by atoms with Crippen LogP contribution in [-0.4, -0.2) is 60.0 Å². The average molecular weight is 498 g/mol. The molecule has 3 aromatic rings. The van der Waals surface area contributed by atoms with Crippen molar-refractivity contribution in [3.63, 3.8) is 0 Å². The molecule has 0 radical (unpaired) electrons. The Morgan fingerprint density at radius 1 is 1.06 bits per heavy atom. The van der Waals surface area contributed by atoms with Crippen LogP contribution in [0.4, 0.5) is 0 Å². The molecule has 0 atom stereocenters. The number of carbonyl (C=O) groups excluding carboxylic acids is 2. The molecule has 0 aliphatic carbocycles. The monoisotopic (exact) mass is 497 g/mol. The molecular formula is C25H27N3O6S. The van der Waals surface area contributed by atoms with Gasteiger partial charge in [-0.05, 0) is 41.8 Å². The smallest absolute Gasteiger partial charge is 0.307 e. The topological polar surface area (TPSA) is 100.0 Å². The highest BCUT2D eigenvalue weighted by Crippen LogP contribution is 2.33. The maximum Gasteiger partial charge on any atom is 0.307 e. The van der Waals surface area contributed by atoms with Crippen LogP contribution in [0.1, 0.15) is 17.5 Å². The van der Waals surface area contributed by atoms with Crippen LogP contribution in [0.3, 0.4) is 0 Å². The van der Waals surface area contributed by atoms with Crippen molar-refractivity contribution in [2.45, 2.75) is 31.1 Å². The Morgan fingerprint density at radius 2 is 1.77 bits per heavy atom. The predicted molar refractivity (Wildman–Crippen MR) is 132 cm³/mol. The number of benzene rings is 2. The third kappa shape index (κ3) is 5.27. The molecule has 2 aromatic carbocycles. The van der Waals surface area contributed by atoms with E-state index < -0.39 is 5.97 Å². The minimum Gasteiger partial charge on any atom is -0.493 e. The highest BCUT2D eigenvalue weighted by molar-refractivity contribution is 7.99. The molecule has 1 aliphatic rings. The van der Waals surface area contributed by atoms with Crippen molar-refractivity contribution in [2.75, 3.05) is 33.6 Å². The van der Waals surface area contributed by atoms with E-state index in [1.807, 2.05) is 18.2 Å². The number of methoxy groups -OCH3 is 3. The lowest BCUT2D eigenvalue weighted by Gasteiger charge is -2.29. The molecule has 4 rings (SSSR count). The van der Waals surface area contributed by atoms with Gasteiger partial charge in [0, 0.05) is 19.6 Å². The van der Waals surface area contributed by atoms with E-state index in [4.69, 9.17) is 14.2 Å². The minimum atomic E-state index is -0.420. The first kappa shape index (κ1) is 24.6. The van der Waals surface area contributed by atoms with Crippen molar-refractivity contribution in [1.29, 1.82) is 0 Å². The van der Waals surface area contributed by atoms with E-state index >= 15 is 0 Å². The normalized spacial score (nSPS) is 12.8. The Kier molecular flexibility index (Phi) is 7.60. The zero-order valence-corrected chi connectivity index (χ0v) is 20.7. The van der Waals surface area contributed by atoms with Gasteiger partial charge in [0.25, 0.3) is 5.56 Å². The number of aromatic nitrogens is 2. The fraction of sp³-hybridized carbons (Fsp3) is 0.360. The van der Waals surface area contributed by atoms with Crippen molar-refractivity contribution in [2.24, 2.45) is 0 Å². The molecule has 0 spiro atoms. The van der Waals surface area contributed by atoms with E-state index in [9.17, 15) is 14.4 Å². The lowest BCUT2D eigenvalue weighted by Crippen LogP contribution is -2.37. The van der Waals surface area contributed by atoms with Gasteiger partial charge in [0.2, 0.25) is 5.91 Å². The quantitative estimate of drug-likeness (QED) is 0.266. The van der Waals surface area contributed by atoms with E-state index in [1.54, 1.807) is 37.3 Å². The molecule has 35 heavy (non-hydrogen) atoms. The fourth-order valence-corrected chi connectivity index (χ4v) is 5.00. The number of nitrogens with zero attached hydrogens (tertiary/aromatic N) is 3. The molecule has 0 unspecified atom stereocenters. The van der Waals surface area contributed by atoms with Gasteiger partial charge in [-0.2, -0.15) is 0 Å². The zero-order chi connectivity index (χ0) is 24.9. The first-order valence-electron chi connectivity index (χ1n) is 11.2. The number of carbonyl (C=O) groups is 2. The van der Waals surface area contributed by atoms with Gasteiger partial charge in [0.05, 0.1) is 44.4 Å². The van der Waals surface area contributed by atoms with Crippen LogP contribution in [0.2, 0.25) is 0 Å². The summed E-state index contributed by atoms with van der Waals surface area (Å²) >= 11 is 1.20. The van der Waals surface area contributed by atoms with E-state index in [2.05, 4.69) is 4.98 Å². The second-order valence-corrected chi connectivity index (χ2v) is 8.97. The lowest BCUT2D eigenvalue weighted by molar-refractivity contribution is -0.140. The number of esters is 1. The summed E-state index contributed by atoms with van der Waals surface area (Å²) < 4.78 is 17.0. The second-order valence-electron chi connectivity index (χ2n) is 8.02. The van der Waals surface area contributed by atoms with E-state index in [1.165, 1.54) is 23.4 Å². The summed E-state index contributed by atoms with van der Waals surface area (Å²) in [5, 5.41) is 0.861. The molecule has 184 valence electrons. The third-order valence-electron chi connectivity index (χ3n) is 5.99. The first-order valence-corrected chi connectivity index (χ1v) is 12.1. The van der Waals surface area contributed by atoms with Crippen LogP contribution in [0.15, 0.2) is 46.3 Å². The standard InChI is InChI=1S/C25H27N3O6S/c1-32-20-12-16-8-10-27(14-17(16)13-21(20)33-2)22(29)15-35-25-26-19-7-5-4-6-18(19)24(31)28(25)11-9-23(30)34-3/h4-7,12-13H,8-11,14-15H2,1-3H3. The summed E-state index contributed by atoms with van der Waals surface area (Å²) in [5.74, 6) is 0.943. The Balaban J connectivity index is 1.52. The van der Waals surface area contributed by atoms with E-state index in [0.29, 0.717) is 47.1 Å². The van der Waals surface area contributed by atoms with Gasteiger partial charge in [0.1, 0.15) is 0 Å². The number of hydrogen-bond donors (Lipinski definition) is 0. The molecule has 1 amide bonds. The summed E-state index contributed by atoms with van der Waals surface area (Å²) in [6.07, 6.45) is 0.746. The molecule has 1 aromatic heterocycles. The van der Waals surface area contributed by atoms with Crippen LogP contribution in [0.25, 0.3) is 10.9 Å². The number of amides is 1. The van der Waals surface area contributed by atoms with Crippen molar-refractivity contribution in [1.82, 2.24) is 14.5 Å². The Hall–Kier alpha value is -3.53. The molecule has 2 heterocycles. The summed E-state index contributed by atoms with van der Waals surface area (Å²) in [6.45, 7) is 1.18. The van der Waals surface area contributed by atoms with Crippen LogP contribution < -0.4 is 15.0 Å². The molecule has 9 nitrogen and oxygen atoms in total. The van der Waals surface area contributed by atoms with Crippen LogP contribution >= 0.6 is 11.8 Å². The van der Waals surface area contributed by atoms with E-state index in [0.717, 1.165) is 11.1 Å². The average Bonchev–Trinajstić information content (AvgIpc) is 2.89. The Labute approximate surface area is 207 Å². The largest absolute Gasteiger partial charge is 0.493 e. The van der Waals surface area contributed by atoms with Gasteiger partial charge in [0.15, 0.2) is 16.7 Å². The maximum absolute atomic E-state index is 13.1. The minimum absolute atomic E-state index is 0.0339. The highest BCUT2D eigenvalue weighted by atomic mass is 32.2. The van der Waals surface area contributed by atoms with Gasteiger partial charge < -0.3 is 19.1 Å². The molecule has 0 N–H and O–H groups in total. The van der Waals surface area contributed by atoms with Gasteiger partial charge >= 0.3 is 5.97 Å². The molecular weight excluding hydrogens is 470 g/mol. The summed E-state index contributed by atoms with van der Waals surface area (Å²) in [4.78, 5) is 44.3. The SMILES string of the molecule is COC(=O)CCn1c(SCC(=O)N2CCc3cc(OC)c(OC)cc3C2)nc2ccccc2c1=O. The lowest BCUT2D eigenvalue weighted by atomic mass is 9.99. The van der Waals surface area contributed by atoms with Gasteiger partial charge in [-0.15, -0.1) is 0 Å². The molecule has 0 bridgehead atoms. The number of thioether (sulfide) groups is 1. The summed E-state index contributed by atoms with van der Waals surface area (Å²) in [6, 6.07) is 10.9. The first-order chi connectivity index (χ1) is 16.9. The molecule has 0 fully saturated rings. The fourth-order valence-electron chi connectivity index (χ4n) is 4.07. The summed E-state index contributed by atoms with van der Waals surface area (Å²) in [7, 11) is 4.50. The third-order valence-corrected chi connectivity index (χ3v) is 6.95. The zero-order valence-electron chi connectivity index (χ0n) is 19.9. The number of rotatable bonds is 8. The second kappa shape index (κ2) is 10.8. The number of para-hydroxylation sites is 1. The maximum atomic E-state index is 13.1. The van der Waals surface area contributed by atoms with Crippen molar-refractivity contribution in [3.05, 3.63) is 57.9 Å². The Bertz CT molecular complexity index is 1320. The number of fused-ring (bicyclic) bond motifs is 2. The van der Waals surface area contributed by atoms with Crippen molar-refractivity contribution >= 4 is 34.5 Å². The van der Waals surface area contributed by atoms with Crippen molar-refractivity contribution in [3.8, 4) is 11.5 Å². The number of ether oxygens (including phenoxy) is 3. The van der Waals surface area contributed by atoms with Crippen LogP contribution in [0, 0.1) is 0 Å². The molecule has 0 saturated heterocycles. The predicted octanol–water partition coefficient (Wildman–Crippen LogP) is 2.65. The number of hydrogen-bond acceptors (Lipinski definition) is 8. The van der Waals surface area contributed by atoms with Crippen LogP contribution in [-0.2, 0) is 33.8 Å². The Morgan fingerprint density at radius 3 is 2.49 bits per heavy atom. The van der Waals surface area contributed by atoms with Gasteiger partial charge in [-0.1, -0.05) is 23.9 Å². The van der Waals surface area contributed by atoms with Gasteiger partial charge in [-0.25, -0.2) is 4.98 Å². The van der Waals surface area contributed by atoms with E-state index in [-0.39, 0.29) is 30.2 Å². The molecule has 10 heteroatoms. The van der Waals surface area contributed by atoms with Crippen LogP contribution in [0.5, 0.6) is 11.5 Å².